The molecule has 1 unspecified atom stereocenters. The van der Waals surface area contributed by atoms with Gasteiger partial charge in [-0.05, 0) is 39.3 Å². The predicted octanol–water partition coefficient (Wildman–Crippen LogP) is 2.03. The fourth-order valence-electron chi connectivity index (χ4n) is 3.12. The molecule has 2 aromatic rings. The summed E-state index contributed by atoms with van der Waals surface area (Å²) in [5.41, 5.74) is 4.68. The second-order valence-electron chi connectivity index (χ2n) is 6.75. The Morgan fingerprint density at radius 2 is 1.91 bits per heavy atom. The molecule has 6 heteroatoms. The van der Waals surface area contributed by atoms with Gasteiger partial charge in [0.1, 0.15) is 5.82 Å². The van der Waals surface area contributed by atoms with E-state index in [9.17, 15) is 0 Å². The number of aryl methyl sites for hydroxylation is 4. The SMILES string of the molecule is Cc1cc(C)n(CC(C)CNCc2c(C)nn(C)c2N(C)C)n1. The highest BCUT2D eigenvalue weighted by molar-refractivity contribution is 5.48. The fourth-order valence-corrected chi connectivity index (χ4v) is 3.12. The number of aromatic nitrogens is 4. The van der Waals surface area contributed by atoms with E-state index in [0.29, 0.717) is 5.92 Å². The van der Waals surface area contributed by atoms with Gasteiger partial charge in [0.2, 0.25) is 0 Å². The minimum atomic E-state index is 0.521. The van der Waals surface area contributed by atoms with Crippen molar-refractivity contribution in [2.45, 2.75) is 40.8 Å². The first-order valence-electron chi connectivity index (χ1n) is 8.21. The van der Waals surface area contributed by atoms with Crippen LogP contribution in [0.3, 0.4) is 0 Å². The summed E-state index contributed by atoms with van der Waals surface area (Å²) in [6, 6.07) is 2.13. The Bertz CT molecular complexity index is 652. The summed E-state index contributed by atoms with van der Waals surface area (Å²) in [6.07, 6.45) is 0. The highest BCUT2D eigenvalue weighted by Gasteiger charge is 2.15. The molecular formula is C17H30N6. The molecule has 0 bridgehead atoms. The lowest BCUT2D eigenvalue weighted by Gasteiger charge is -2.17. The number of hydrogen-bond acceptors (Lipinski definition) is 4. The molecule has 0 aliphatic carbocycles. The molecule has 23 heavy (non-hydrogen) atoms. The van der Waals surface area contributed by atoms with Crippen LogP contribution in [0.1, 0.15) is 29.6 Å². The molecule has 0 aliphatic rings. The van der Waals surface area contributed by atoms with E-state index in [0.717, 1.165) is 31.0 Å². The molecule has 128 valence electrons. The number of hydrogen-bond donors (Lipinski definition) is 1. The standard InChI is InChI=1S/C17H30N6/c1-12(11-23-14(3)8-13(2)19-23)9-18-10-16-15(4)20-22(7)17(16)21(5)6/h8,12,18H,9-11H2,1-7H3. The minimum Gasteiger partial charge on any atom is -0.363 e. The Hall–Kier alpha value is -1.82. The Labute approximate surface area is 139 Å². The van der Waals surface area contributed by atoms with Crippen molar-refractivity contribution >= 4 is 5.82 Å². The lowest BCUT2D eigenvalue weighted by molar-refractivity contribution is 0.415. The van der Waals surface area contributed by atoms with Crippen molar-refractivity contribution in [3.8, 4) is 0 Å². The second kappa shape index (κ2) is 7.17. The summed E-state index contributed by atoms with van der Waals surface area (Å²) in [4.78, 5) is 2.12. The molecule has 2 rings (SSSR count). The molecule has 0 spiro atoms. The van der Waals surface area contributed by atoms with E-state index in [1.165, 1.54) is 17.1 Å². The van der Waals surface area contributed by atoms with E-state index in [4.69, 9.17) is 0 Å². The highest BCUT2D eigenvalue weighted by Crippen LogP contribution is 2.21. The first-order chi connectivity index (χ1) is 10.8. The summed E-state index contributed by atoms with van der Waals surface area (Å²) in [5.74, 6) is 1.69. The second-order valence-corrected chi connectivity index (χ2v) is 6.75. The Morgan fingerprint density at radius 1 is 1.22 bits per heavy atom. The molecule has 0 aromatic carbocycles. The fraction of sp³-hybridized carbons (Fsp3) is 0.647. The molecule has 2 aromatic heterocycles. The minimum absolute atomic E-state index is 0.521. The van der Waals surface area contributed by atoms with Gasteiger partial charge in [-0.3, -0.25) is 9.36 Å². The van der Waals surface area contributed by atoms with Gasteiger partial charge in [-0.1, -0.05) is 6.92 Å². The highest BCUT2D eigenvalue weighted by atomic mass is 15.4. The molecule has 6 nitrogen and oxygen atoms in total. The predicted molar refractivity (Wildman–Crippen MR) is 94.8 cm³/mol. The zero-order valence-electron chi connectivity index (χ0n) is 15.5. The number of rotatable bonds is 7. The van der Waals surface area contributed by atoms with Gasteiger partial charge in [-0.2, -0.15) is 10.2 Å². The van der Waals surface area contributed by atoms with Gasteiger partial charge < -0.3 is 10.2 Å². The molecule has 1 atom stereocenters. The van der Waals surface area contributed by atoms with Crippen molar-refractivity contribution in [3.63, 3.8) is 0 Å². The van der Waals surface area contributed by atoms with Crippen LogP contribution in [0.5, 0.6) is 0 Å². The zero-order valence-corrected chi connectivity index (χ0v) is 15.5. The van der Waals surface area contributed by atoms with Crippen LogP contribution in [0, 0.1) is 26.7 Å². The number of nitrogens with one attached hydrogen (secondary N) is 1. The average Bonchev–Trinajstić information content (AvgIpc) is 2.89. The van der Waals surface area contributed by atoms with Gasteiger partial charge in [0.15, 0.2) is 0 Å². The van der Waals surface area contributed by atoms with Gasteiger partial charge >= 0.3 is 0 Å². The van der Waals surface area contributed by atoms with Crippen molar-refractivity contribution in [2.75, 3.05) is 25.5 Å². The molecule has 0 saturated heterocycles. The molecule has 0 aliphatic heterocycles. The van der Waals surface area contributed by atoms with E-state index in [-0.39, 0.29) is 0 Å². The Kier molecular flexibility index (Phi) is 5.46. The molecule has 0 fully saturated rings. The maximum absolute atomic E-state index is 4.54. The third-order valence-electron chi connectivity index (χ3n) is 4.12. The van der Waals surface area contributed by atoms with E-state index in [2.05, 4.69) is 66.0 Å². The molecular weight excluding hydrogens is 288 g/mol. The first kappa shape index (κ1) is 17.5. The van der Waals surface area contributed by atoms with E-state index in [1.807, 2.05) is 18.7 Å². The number of anilines is 1. The van der Waals surface area contributed by atoms with Crippen molar-refractivity contribution in [1.82, 2.24) is 24.9 Å². The van der Waals surface area contributed by atoms with Crippen LogP contribution in [0.25, 0.3) is 0 Å². The van der Waals surface area contributed by atoms with Gasteiger partial charge in [0.25, 0.3) is 0 Å². The van der Waals surface area contributed by atoms with Crippen molar-refractivity contribution < 1.29 is 0 Å². The average molecular weight is 318 g/mol. The lowest BCUT2D eigenvalue weighted by Crippen LogP contribution is -2.25. The molecule has 0 saturated carbocycles. The molecule has 0 amide bonds. The summed E-state index contributed by atoms with van der Waals surface area (Å²) < 4.78 is 4.05. The van der Waals surface area contributed by atoms with Crippen molar-refractivity contribution in [3.05, 3.63) is 28.7 Å². The van der Waals surface area contributed by atoms with E-state index in [1.54, 1.807) is 0 Å². The van der Waals surface area contributed by atoms with Crippen LogP contribution in [-0.4, -0.2) is 40.2 Å². The van der Waals surface area contributed by atoms with E-state index >= 15 is 0 Å². The third-order valence-corrected chi connectivity index (χ3v) is 4.12. The summed E-state index contributed by atoms with van der Waals surface area (Å²) >= 11 is 0. The van der Waals surface area contributed by atoms with Gasteiger partial charge in [-0.25, -0.2) is 0 Å². The number of nitrogens with zero attached hydrogens (tertiary/aromatic N) is 5. The Morgan fingerprint density at radius 3 is 2.48 bits per heavy atom. The van der Waals surface area contributed by atoms with Crippen molar-refractivity contribution in [1.29, 1.82) is 0 Å². The van der Waals surface area contributed by atoms with Crippen LogP contribution >= 0.6 is 0 Å². The normalized spacial score (nSPS) is 12.7. The van der Waals surface area contributed by atoms with Crippen LogP contribution < -0.4 is 10.2 Å². The van der Waals surface area contributed by atoms with E-state index < -0.39 is 0 Å². The monoisotopic (exact) mass is 318 g/mol. The summed E-state index contributed by atoms with van der Waals surface area (Å²) in [5, 5.41) is 12.6. The van der Waals surface area contributed by atoms with Gasteiger partial charge in [0, 0.05) is 45.5 Å². The van der Waals surface area contributed by atoms with Crippen LogP contribution in [-0.2, 0) is 20.1 Å². The maximum atomic E-state index is 4.54. The molecule has 0 radical (unpaired) electrons. The quantitative estimate of drug-likeness (QED) is 0.849. The first-order valence-corrected chi connectivity index (χ1v) is 8.21. The molecule has 2 heterocycles. The lowest BCUT2D eigenvalue weighted by atomic mass is 10.1. The largest absolute Gasteiger partial charge is 0.363 e. The summed E-state index contributed by atoms with van der Waals surface area (Å²) in [7, 11) is 6.12. The topological polar surface area (TPSA) is 50.9 Å². The zero-order chi connectivity index (χ0) is 17.1. The van der Waals surface area contributed by atoms with Crippen LogP contribution in [0.2, 0.25) is 0 Å². The maximum Gasteiger partial charge on any atom is 0.130 e. The summed E-state index contributed by atoms with van der Waals surface area (Å²) in [6.45, 7) is 11.2. The van der Waals surface area contributed by atoms with Crippen molar-refractivity contribution in [2.24, 2.45) is 13.0 Å². The van der Waals surface area contributed by atoms with Crippen LogP contribution in [0.4, 0.5) is 5.82 Å². The smallest absolute Gasteiger partial charge is 0.130 e. The molecule has 1 N–H and O–H groups in total. The third kappa shape index (κ3) is 4.13. The Balaban J connectivity index is 1.91. The van der Waals surface area contributed by atoms with Gasteiger partial charge in [-0.15, -0.1) is 0 Å². The van der Waals surface area contributed by atoms with Gasteiger partial charge in [0.05, 0.1) is 11.4 Å². The van der Waals surface area contributed by atoms with Crippen LogP contribution in [0.15, 0.2) is 6.07 Å².